The zero-order valence-electron chi connectivity index (χ0n) is 16.6. The number of carbonyl (C=O) groups excluding carboxylic acids is 1. The molecule has 0 saturated heterocycles. The maximum Gasteiger partial charge on any atom is 0.212 e. The number of unbranched alkanes of at least 4 members (excludes halogenated alkanes) is 9. The lowest BCUT2D eigenvalue weighted by atomic mass is 9.88. The number of carbonyl (C=O) groups is 1. The number of hydrogen-bond donors (Lipinski definition) is 1. The molecule has 0 aliphatic heterocycles. The van der Waals surface area contributed by atoms with Crippen LogP contribution in [-0.4, -0.2) is 23.0 Å². The van der Waals surface area contributed by atoms with Gasteiger partial charge in [0, 0.05) is 23.0 Å². The molecule has 150 valence electrons. The van der Waals surface area contributed by atoms with E-state index in [9.17, 15) is 9.90 Å². The van der Waals surface area contributed by atoms with Gasteiger partial charge in [0.1, 0.15) is 0 Å². The van der Waals surface area contributed by atoms with Crippen LogP contribution in [0.5, 0.6) is 0 Å². The summed E-state index contributed by atoms with van der Waals surface area (Å²) < 4.78 is 0.979. The molecule has 0 radical (unpaired) electrons. The van der Waals surface area contributed by atoms with Crippen molar-refractivity contribution in [1.29, 1.82) is 0 Å². The first-order chi connectivity index (χ1) is 13.1. The average molecular weight is 436 g/mol. The van der Waals surface area contributed by atoms with Crippen molar-refractivity contribution in [3.63, 3.8) is 0 Å². The lowest BCUT2D eigenvalue weighted by Gasteiger charge is -2.40. The molecule has 1 atom stereocenters. The van der Waals surface area contributed by atoms with Crippen molar-refractivity contribution in [2.24, 2.45) is 0 Å². The molecular weight excluding hydrogens is 402 g/mol. The summed E-state index contributed by atoms with van der Waals surface area (Å²) in [5, 5.41) is 11.3. The van der Waals surface area contributed by atoms with Gasteiger partial charge in [-0.3, -0.25) is 4.79 Å². The van der Waals surface area contributed by atoms with Gasteiger partial charge in [-0.25, -0.2) is 0 Å². The lowest BCUT2D eigenvalue weighted by Crippen LogP contribution is -2.47. The summed E-state index contributed by atoms with van der Waals surface area (Å²) in [7, 11) is 0. The molecule has 3 nitrogen and oxygen atoms in total. The van der Waals surface area contributed by atoms with Gasteiger partial charge in [0.15, 0.2) is 5.72 Å². The number of nitrogens with zero attached hydrogens (tertiary/aromatic N) is 1. The van der Waals surface area contributed by atoms with Crippen molar-refractivity contribution in [2.45, 2.75) is 83.3 Å². The third-order valence-corrected chi connectivity index (χ3v) is 6.29. The van der Waals surface area contributed by atoms with Crippen LogP contribution in [0, 0.1) is 0 Å². The molecule has 1 amide bonds. The molecular formula is C23H34BrNO2. The lowest BCUT2D eigenvalue weighted by molar-refractivity contribution is -0.149. The number of benzene rings is 1. The highest BCUT2D eigenvalue weighted by Gasteiger charge is 2.39. The molecule has 1 aromatic rings. The van der Waals surface area contributed by atoms with Gasteiger partial charge in [0.2, 0.25) is 6.41 Å². The highest BCUT2D eigenvalue weighted by atomic mass is 79.9. The van der Waals surface area contributed by atoms with Crippen molar-refractivity contribution in [1.82, 2.24) is 4.90 Å². The predicted octanol–water partition coefficient (Wildman–Crippen LogP) is 6.35. The normalized spacial score (nSPS) is 18.7. The van der Waals surface area contributed by atoms with Gasteiger partial charge in [0.25, 0.3) is 0 Å². The minimum Gasteiger partial charge on any atom is -0.366 e. The van der Waals surface area contributed by atoms with E-state index in [0.717, 1.165) is 34.9 Å². The van der Waals surface area contributed by atoms with Crippen LogP contribution in [0.4, 0.5) is 0 Å². The zero-order valence-corrected chi connectivity index (χ0v) is 18.2. The number of halogens is 1. The quantitative estimate of drug-likeness (QED) is 0.222. The standard InChI is InChI=1S/C23H34BrNO2/c1-2-3-4-5-6-7-8-9-10-13-18-25(19-26)23(27)17-16-22(24)20-14-11-12-15-21(20)23/h11-12,14-16,19,27H,2-10,13,17-18H2,1H3/t23-/m0/s1. The summed E-state index contributed by atoms with van der Waals surface area (Å²) in [6, 6.07) is 7.76. The predicted molar refractivity (Wildman–Crippen MR) is 116 cm³/mol. The van der Waals surface area contributed by atoms with Gasteiger partial charge < -0.3 is 10.0 Å². The molecule has 1 aromatic carbocycles. The summed E-state index contributed by atoms with van der Waals surface area (Å²) >= 11 is 3.56. The van der Waals surface area contributed by atoms with Crippen molar-refractivity contribution in [2.75, 3.05) is 6.54 Å². The van der Waals surface area contributed by atoms with Crippen LogP contribution in [0.1, 0.15) is 88.7 Å². The molecule has 0 aromatic heterocycles. The van der Waals surface area contributed by atoms with Crippen LogP contribution >= 0.6 is 15.9 Å². The summed E-state index contributed by atoms with van der Waals surface area (Å²) in [6.07, 6.45) is 15.8. The molecule has 0 spiro atoms. The SMILES string of the molecule is CCCCCCCCCCCCN(C=O)[C@]1(O)CC=C(Br)c2ccccc21. The minimum absolute atomic E-state index is 0.418. The summed E-state index contributed by atoms with van der Waals surface area (Å²) in [4.78, 5) is 13.3. The van der Waals surface area contributed by atoms with Crippen LogP contribution < -0.4 is 0 Å². The van der Waals surface area contributed by atoms with E-state index in [2.05, 4.69) is 22.9 Å². The molecule has 0 bridgehead atoms. The fourth-order valence-corrected chi connectivity index (χ4v) is 4.37. The molecule has 0 heterocycles. The highest BCUT2D eigenvalue weighted by Crippen LogP contribution is 2.41. The van der Waals surface area contributed by atoms with Crippen LogP contribution in [0.25, 0.3) is 4.48 Å². The second-order valence-electron chi connectivity index (χ2n) is 7.60. The van der Waals surface area contributed by atoms with Crippen molar-refractivity contribution < 1.29 is 9.90 Å². The smallest absolute Gasteiger partial charge is 0.212 e. The average Bonchev–Trinajstić information content (AvgIpc) is 2.69. The van der Waals surface area contributed by atoms with E-state index in [4.69, 9.17) is 0 Å². The van der Waals surface area contributed by atoms with E-state index in [1.54, 1.807) is 4.90 Å². The Hall–Kier alpha value is -1.13. The van der Waals surface area contributed by atoms with Gasteiger partial charge in [-0.2, -0.15) is 0 Å². The van der Waals surface area contributed by atoms with Gasteiger partial charge in [-0.15, -0.1) is 0 Å². The Morgan fingerprint density at radius 1 is 1.04 bits per heavy atom. The van der Waals surface area contributed by atoms with Crippen molar-refractivity contribution >= 4 is 26.8 Å². The molecule has 1 aliphatic rings. The van der Waals surface area contributed by atoms with E-state index in [-0.39, 0.29) is 0 Å². The fraction of sp³-hybridized carbons (Fsp3) is 0.609. The summed E-state index contributed by atoms with van der Waals surface area (Å²) in [6.45, 7) is 2.84. The van der Waals surface area contributed by atoms with E-state index in [0.29, 0.717) is 13.0 Å². The maximum atomic E-state index is 11.7. The number of aliphatic hydroxyl groups is 1. The third-order valence-electron chi connectivity index (χ3n) is 5.54. The van der Waals surface area contributed by atoms with Crippen LogP contribution in [-0.2, 0) is 10.5 Å². The fourth-order valence-electron chi connectivity index (χ4n) is 3.86. The zero-order chi connectivity index (χ0) is 19.5. The Bertz CT molecular complexity index is 616. The van der Waals surface area contributed by atoms with Crippen LogP contribution in [0.15, 0.2) is 30.3 Å². The molecule has 0 fully saturated rings. The Labute approximate surface area is 173 Å². The Kier molecular flexibility index (Phi) is 9.57. The topological polar surface area (TPSA) is 40.5 Å². The van der Waals surface area contributed by atoms with E-state index >= 15 is 0 Å². The van der Waals surface area contributed by atoms with Gasteiger partial charge >= 0.3 is 0 Å². The van der Waals surface area contributed by atoms with Gasteiger partial charge in [-0.1, -0.05) is 111 Å². The first-order valence-corrected chi connectivity index (χ1v) is 11.3. The van der Waals surface area contributed by atoms with Crippen LogP contribution in [0.2, 0.25) is 0 Å². The van der Waals surface area contributed by atoms with E-state index in [1.165, 1.54) is 51.4 Å². The summed E-state index contributed by atoms with van der Waals surface area (Å²) in [5.41, 5.74) is 0.522. The first-order valence-electron chi connectivity index (χ1n) is 10.5. The highest BCUT2D eigenvalue weighted by molar-refractivity contribution is 9.15. The number of fused-ring (bicyclic) bond motifs is 1. The Balaban J connectivity index is 1.77. The summed E-state index contributed by atoms with van der Waals surface area (Å²) in [5.74, 6) is 0. The largest absolute Gasteiger partial charge is 0.366 e. The molecule has 4 heteroatoms. The number of rotatable bonds is 13. The number of amides is 1. The molecule has 0 saturated carbocycles. The number of hydrogen-bond acceptors (Lipinski definition) is 2. The Morgan fingerprint density at radius 2 is 1.63 bits per heavy atom. The first kappa shape index (κ1) is 22.2. The second kappa shape index (κ2) is 11.7. The van der Waals surface area contributed by atoms with Crippen molar-refractivity contribution in [3.8, 4) is 0 Å². The molecule has 0 unspecified atom stereocenters. The molecule has 2 rings (SSSR count). The molecule has 1 N–H and O–H groups in total. The maximum absolute atomic E-state index is 11.7. The van der Waals surface area contributed by atoms with E-state index < -0.39 is 5.72 Å². The van der Waals surface area contributed by atoms with Gasteiger partial charge in [0.05, 0.1) is 0 Å². The monoisotopic (exact) mass is 435 g/mol. The second-order valence-corrected chi connectivity index (χ2v) is 8.45. The third kappa shape index (κ3) is 6.18. The minimum atomic E-state index is -1.24. The van der Waals surface area contributed by atoms with Crippen LogP contribution in [0.3, 0.4) is 0 Å². The van der Waals surface area contributed by atoms with Gasteiger partial charge in [-0.05, 0) is 12.0 Å². The molecule has 27 heavy (non-hydrogen) atoms. The van der Waals surface area contributed by atoms with Crippen molar-refractivity contribution in [3.05, 3.63) is 41.5 Å². The molecule has 1 aliphatic carbocycles. The van der Waals surface area contributed by atoms with E-state index in [1.807, 2.05) is 30.3 Å². The Morgan fingerprint density at radius 3 is 2.26 bits per heavy atom.